The van der Waals surface area contributed by atoms with E-state index in [4.69, 9.17) is 14.2 Å². The van der Waals surface area contributed by atoms with Crippen LogP contribution in [0.3, 0.4) is 0 Å². The van der Waals surface area contributed by atoms with Crippen molar-refractivity contribution in [3.8, 4) is 0 Å². The fourth-order valence-corrected chi connectivity index (χ4v) is 4.12. The number of carbonyl (C=O) groups excluding carboxylic acids is 1. The van der Waals surface area contributed by atoms with Gasteiger partial charge in [0.1, 0.15) is 6.10 Å². The van der Waals surface area contributed by atoms with E-state index in [1.165, 1.54) is 7.11 Å². The van der Waals surface area contributed by atoms with E-state index in [0.717, 1.165) is 11.1 Å². The Morgan fingerprint density at radius 3 is 2.19 bits per heavy atom. The molecule has 0 N–H and O–H groups in total. The zero-order chi connectivity index (χ0) is 18.5. The van der Waals surface area contributed by atoms with Gasteiger partial charge in [0, 0.05) is 12.7 Å². The van der Waals surface area contributed by atoms with Crippen molar-refractivity contribution in [3.05, 3.63) is 107 Å². The summed E-state index contributed by atoms with van der Waals surface area (Å²) in [6, 6.07) is 26.5. The summed E-state index contributed by atoms with van der Waals surface area (Å²) in [5, 5.41) is 0. The van der Waals surface area contributed by atoms with Crippen molar-refractivity contribution in [1.29, 1.82) is 0 Å². The van der Waals surface area contributed by atoms with Gasteiger partial charge in [0.25, 0.3) is 0 Å². The molecule has 3 atom stereocenters. The molecule has 0 unspecified atom stereocenters. The molecule has 2 aliphatic rings. The maximum atomic E-state index is 13.8. The molecule has 5 rings (SSSR count). The van der Waals surface area contributed by atoms with E-state index >= 15 is 0 Å². The third-order valence-corrected chi connectivity index (χ3v) is 5.35. The van der Waals surface area contributed by atoms with Crippen LogP contribution < -0.4 is 0 Å². The second-order valence-corrected chi connectivity index (χ2v) is 6.75. The third kappa shape index (κ3) is 2.12. The van der Waals surface area contributed by atoms with E-state index in [-0.39, 0.29) is 5.78 Å². The van der Waals surface area contributed by atoms with Gasteiger partial charge in [-0.3, -0.25) is 4.79 Å². The zero-order valence-electron chi connectivity index (χ0n) is 14.8. The molecule has 0 saturated carbocycles. The molecule has 1 saturated heterocycles. The fraction of sp³-hybridized carbons (Fsp3) is 0.174. The number of Topliss-reactive ketones (excluding diaryl/α,β-unsaturated/α-hetero) is 1. The predicted octanol–water partition coefficient (Wildman–Crippen LogP) is 4.32. The summed E-state index contributed by atoms with van der Waals surface area (Å²) in [6.07, 6.45) is -0.638. The first-order chi connectivity index (χ1) is 13.2. The molecule has 0 aliphatic carbocycles. The molecule has 27 heavy (non-hydrogen) atoms. The van der Waals surface area contributed by atoms with Crippen molar-refractivity contribution in [2.75, 3.05) is 7.11 Å². The summed E-state index contributed by atoms with van der Waals surface area (Å²) in [7, 11) is 1.54. The number of rotatable bonds is 3. The molecule has 4 nitrogen and oxygen atoms in total. The second-order valence-electron chi connectivity index (χ2n) is 6.75. The average Bonchev–Trinajstić information content (AvgIpc) is 3.08. The van der Waals surface area contributed by atoms with Crippen LogP contribution in [-0.2, 0) is 25.8 Å². The van der Waals surface area contributed by atoms with Gasteiger partial charge in [0.15, 0.2) is 5.60 Å². The van der Waals surface area contributed by atoms with Gasteiger partial charge in [-0.2, -0.15) is 0 Å². The molecule has 0 radical (unpaired) electrons. The van der Waals surface area contributed by atoms with Crippen molar-refractivity contribution in [3.63, 3.8) is 0 Å². The first-order valence-corrected chi connectivity index (χ1v) is 8.89. The first-order valence-electron chi connectivity index (χ1n) is 8.89. The Morgan fingerprint density at radius 2 is 1.48 bits per heavy atom. The first kappa shape index (κ1) is 16.4. The lowest BCUT2D eigenvalue weighted by molar-refractivity contribution is -0.351. The number of hydrogen-bond acceptors (Lipinski definition) is 4. The van der Waals surface area contributed by atoms with Crippen LogP contribution in [0.5, 0.6) is 0 Å². The van der Waals surface area contributed by atoms with Crippen molar-refractivity contribution in [2.24, 2.45) is 0 Å². The quantitative estimate of drug-likeness (QED) is 0.699. The Labute approximate surface area is 157 Å². The van der Waals surface area contributed by atoms with Crippen LogP contribution in [0.1, 0.15) is 33.2 Å². The Kier molecular flexibility index (Phi) is 3.56. The van der Waals surface area contributed by atoms with Gasteiger partial charge in [-0.1, -0.05) is 84.9 Å². The highest BCUT2D eigenvalue weighted by Gasteiger charge is 2.68. The van der Waals surface area contributed by atoms with E-state index < -0.39 is 17.7 Å². The molecule has 2 heterocycles. The molecule has 134 valence electrons. The summed E-state index contributed by atoms with van der Waals surface area (Å²) in [5.74, 6) is -1.55. The van der Waals surface area contributed by atoms with E-state index in [1.54, 1.807) is 0 Å². The van der Waals surface area contributed by atoms with Gasteiger partial charge >= 0.3 is 5.97 Å². The van der Waals surface area contributed by atoms with Crippen LogP contribution in [0.15, 0.2) is 84.9 Å². The Morgan fingerprint density at radius 1 is 0.852 bits per heavy atom. The van der Waals surface area contributed by atoms with E-state index in [9.17, 15) is 4.79 Å². The topological polar surface area (TPSA) is 44.8 Å². The highest BCUT2D eigenvalue weighted by atomic mass is 16.9. The smallest absolute Gasteiger partial charge is 0.314 e. The Hall–Kier alpha value is -2.79. The van der Waals surface area contributed by atoms with Gasteiger partial charge in [-0.15, -0.1) is 0 Å². The van der Waals surface area contributed by atoms with Crippen LogP contribution in [0.25, 0.3) is 0 Å². The summed E-state index contributed by atoms with van der Waals surface area (Å²) < 4.78 is 18.6. The minimum absolute atomic E-state index is 0.122. The normalized spacial score (nSPS) is 28.8. The lowest BCUT2D eigenvalue weighted by atomic mass is 9.77. The van der Waals surface area contributed by atoms with Gasteiger partial charge in [0.05, 0.1) is 5.56 Å². The molecule has 2 aliphatic heterocycles. The summed E-state index contributed by atoms with van der Waals surface area (Å²) in [4.78, 5) is 13.8. The number of ether oxygens (including phenoxy) is 3. The van der Waals surface area contributed by atoms with Crippen LogP contribution in [0, 0.1) is 0 Å². The Balaban J connectivity index is 1.82. The molecule has 3 aromatic rings. The maximum absolute atomic E-state index is 13.8. The molecule has 2 bridgehead atoms. The van der Waals surface area contributed by atoms with Crippen LogP contribution in [-0.4, -0.2) is 12.9 Å². The lowest BCUT2D eigenvalue weighted by Gasteiger charge is -2.37. The number of ketones is 1. The van der Waals surface area contributed by atoms with E-state index in [0.29, 0.717) is 11.1 Å². The number of methoxy groups -OCH3 is 1. The molecule has 1 fully saturated rings. The molecule has 4 heteroatoms. The highest BCUT2D eigenvalue weighted by molar-refractivity contribution is 6.06. The summed E-state index contributed by atoms with van der Waals surface area (Å²) in [6.45, 7) is 0. The number of benzene rings is 3. The molecule has 3 aromatic carbocycles. The molecular weight excluding hydrogens is 340 g/mol. The zero-order valence-corrected chi connectivity index (χ0v) is 14.8. The minimum atomic E-state index is -1.43. The van der Waals surface area contributed by atoms with E-state index in [1.807, 2.05) is 84.9 Å². The van der Waals surface area contributed by atoms with Gasteiger partial charge in [0.2, 0.25) is 5.78 Å². The average molecular weight is 358 g/mol. The SMILES string of the molecule is CO[C@]12O[C@@H](c3ccccc3)[C@](c3ccccc3)(O1)C(=O)c1ccccc12. The third-order valence-electron chi connectivity index (χ3n) is 5.35. The van der Waals surface area contributed by atoms with Crippen molar-refractivity contribution < 1.29 is 19.0 Å². The number of carbonyl (C=O) groups is 1. The maximum Gasteiger partial charge on any atom is 0.314 e. The van der Waals surface area contributed by atoms with Gasteiger partial charge in [-0.25, -0.2) is 0 Å². The molecule has 0 spiro atoms. The van der Waals surface area contributed by atoms with Crippen molar-refractivity contribution in [2.45, 2.75) is 17.7 Å². The summed E-state index contributed by atoms with van der Waals surface area (Å²) >= 11 is 0. The standard InChI is InChI=1S/C23H18O4/c1-25-23-19-15-9-8-14-18(19)20(24)22(27-23,17-12-6-3-7-13-17)21(26-23)16-10-4-2-5-11-16/h2-15,21H,1H3/t21-,22+,23+/m0/s1. The predicted molar refractivity (Wildman–Crippen MR) is 98.9 cm³/mol. The molecular formula is C23H18O4. The molecule has 0 amide bonds. The van der Waals surface area contributed by atoms with Crippen LogP contribution >= 0.6 is 0 Å². The Bertz CT molecular complexity index is 1000. The van der Waals surface area contributed by atoms with Crippen molar-refractivity contribution in [1.82, 2.24) is 0 Å². The largest absolute Gasteiger partial charge is 0.327 e. The van der Waals surface area contributed by atoms with Gasteiger partial charge < -0.3 is 14.2 Å². The number of fused-ring (bicyclic) bond motifs is 4. The second kappa shape index (κ2) is 5.86. The van der Waals surface area contributed by atoms with Crippen molar-refractivity contribution >= 4 is 5.78 Å². The monoisotopic (exact) mass is 358 g/mol. The molecule has 0 aromatic heterocycles. The van der Waals surface area contributed by atoms with Gasteiger partial charge in [-0.05, 0) is 11.1 Å². The highest BCUT2D eigenvalue weighted by Crippen LogP contribution is 2.60. The van der Waals surface area contributed by atoms with E-state index in [2.05, 4.69) is 0 Å². The van der Waals surface area contributed by atoms with Crippen LogP contribution in [0.4, 0.5) is 0 Å². The summed E-state index contributed by atoms with van der Waals surface area (Å²) in [5.41, 5.74) is 1.46. The fourth-order valence-electron chi connectivity index (χ4n) is 4.12. The minimum Gasteiger partial charge on any atom is -0.327 e. The number of hydrogen-bond donors (Lipinski definition) is 0. The lowest BCUT2D eigenvalue weighted by Crippen LogP contribution is -2.47. The van der Waals surface area contributed by atoms with Crippen LogP contribution in [0.2, 0.25) is 0 Å².